The summed E-state index contributed by atoms with van der Waals surface area (Å²) in [4.78, 5) is 12.9. The van der Waals surface area contributed by atoms with E-state index in [1.54, 1.807) is 13.8 Å². The topological polar surface area (TPSA) is 82.7 Å². The van der Waals surface area contributed by atoms with E-state index in [-0.39, 0.29) is 30.2 Å². The number of hydrogen-bond donors (Lipinski definition) is 1. The molecule has 158 valence electrons. The lowest BCUT2D eigenvalue weighted by atomic mass is 10.2. The molecule has 0 atom stereocenters. The predicted octanol–water partition coefficient (Wildman–Crippen LogP) is 4.41. The number of nitrogens with zero attached hydrogens (tertiary/aromatic N) is 2. The van der Waals surface area contributed by atoms with Crippen LogP contribution in [0.4, 0.5) is 0 Å². The summed E-state index contributed by atoms with van der Waals surface area (Å²) in [6.07, 6.45) is 7.84. The summed E-state index contributed by atoms with van der Waals surface area (Å²) < 4.78 is 26.9. The molecule has 1 heterocycles. The molecular formula is C19H37N2O5P. The number of aromatic nitrogens is 2. The van der Waals surface area contributed by atoms with Crippen LogP contribution in [0.5, 0.6) is 5.88 Å². The van der Waals surface area contributed by atoms with Crippen LogP contribution < -0.4 is 11.1 Å². The summed E-state index contributed by atoms with van der Waals surface area (Å²) in [5.41, 5.74) is -0.335. The van der Waals surface area contributed by atoms with Gasteiger partial charge in [-0.3, -0.25) is 13.7 Å². The van der Waals surface area contributed by atoms with Gasteiger partial charge in [0.15, 0.2) is 5.44 Å². The second kappa shape index (κ2) is 12.4. The molecule has 0 spiro atoms. The van der Waals surface area contributed by atoms with E-state index in [2.05, 4.69) is 13.8 Å². The Labute approximate surface area is 163 Å². The summed E-state index contributed by atoms with van der Waals surface area (Å²) in [5, 5.41) is 10.7. The monoisotopic (exact) mass is 404 g/mol. The van der Waals surface area contributed by atoms with Gasteiger partial charge in [0.25, 0.3) is 0 Å². The van der Waals surface area contributed by atoms with Crippen molar-refractivity contribution in [3.05, 3.63) is 10.5 Å². The highest BCUT2D eigenvalue weighted by molar-refractivity contribution is 7.62. The van der Waals surface area contributed by atoms with Crippen LogP contribution in [0.3, 0.4) is 0 Å². The number of hydrogen-bond acceptors (Lipinski definition) is 5. The minimum atomic E-state index is -3.76. The van der Waals surface area contributed by atoms with Crippen molar-refractivity contribution in [2.45, 2.75) is 92.2 Å². The first kappa shape index (κ1) is 24.0. The zero-order chi connectivity index (χ0) is 20.3. The van der Waals surface area contributed by atoms with E-state index in [0.717, 1.165) is 51.4 Å². The second-order valence-corrected chi connectivity index (χ2v) is 8.62. The normalized spacial score (nSPS) is 12.0. The van der Waals surface area contributed by atoms with E-state index in [1.165, 1.54) is 9.13 Å². The highest BCUT2D eigenvalue weighted by Crippen LogP contribution is 2.48. The largest absolute Gasteiger partial charge is 0.493 e. The molecule has 0 saturated heterocycles. The van der Waals surface area contributed by atoms with Crippen LogP contribution in [0.15, 0.2) is 4.79 Å². The third kappa shape index (κ3) is 6.51. The smallest absolute Gasteiger partial charge is 0.383 e. The van der Waals surface area contributed by atoms with Crippen molar-refractivity contribution in [2.24, 2.45) is 0 Å². The third-order valence-electron chi connectivity index (χ3n) is 4.50. The van der Waals surface area contributed by atoms with Gasteiger partial charge >= 0.3 is 13.3 Å². The standard InChI is InChI=1S/C19H37N2O5P/c1-5-9-11-13-15-20-17(22)18(27(24,25-7-3)26-8-4)21(19(20)23)16-14-12-10-6-2/h22H,5-16H2,1-4H3. The van der Waals surface area contributed by atoms with Gasteiger partial charge in [0, 0.05) is 13.1 Å². The van der Waals surface area contributed by atoms with Crippen molar-refractivity contribution in [1.82, 2.24) is 9.13 Å². The molecule has 0 aromatic carbocycles. The molecule has 0 radical (unpaired) electrons. The van der Waals surface area contributed by atoms with Gasteiger partial charge in [-0.15, -0.1) is 0 Å². The molecule has 27 heavy (non-hydrogen) atoms. The molecule has 0 aliphatic rings. The molecule has 0 aliphatic heterocycles. The molecule has 0 bridgehead atoms. The first-order chi connectivity index (χ1) is 13.0. The van der Waals surface area contributed by atoms with Gasteiger partial charge in [-0.1, -0.05) is 52.4 Å². The van der Waals surface area contributed by atoms with Gasteiger partial charge < -0.3 is 14.2 Å². The van der Waals surface area contributed by atoms with Crippen LogP contribution in [0.1, 0.15) is 79.1 Å². The summed E-state index contributed by atoms with van der Waals surface area (Å²) in [5.74, 6) is -0.280. The van der Waals surface area contributed by atoms with Crippen molar-refractivity contribution in [3.63, 3.8) is 0 Å². The van der Waals surface area contributed by atoms with Gasteiger partial charge in [-0.05, 0) is 26.7 Å². The molecule has 0 aliphatic carbocycles. The Morgan fingerprint density at radius 3 is 1.74 bits per heavy atom. The number of rotatable bonds is 15. The summed E-state index contributed by atoms with van der Waals surface area (Å²) in [6.45, 7) is 8.81. The molecule has 1 aromatic rings. The van der Waals surface area contributed by atoms with Crippen LogP contribution in [0.25, 0.3) is 0 Å². The zero-order valence-corrected chi connectivity index (χ0v) is 18.3. The average molecular weight is 404 g/mol. The Morgan fingerprint density at radius 1 is 0.815 bits per heavy atom. The number of aromatic hydroxyl groups is 1. The van der Waals surface area contributed by atoms with Gasteiger partial charge in [-0.2, -0.15) is 0 Å². The van der Waals surface area contributed by atoms with Gasteiger partial charge in [0.2, 0.25) is 5.88 Å². The molecule has 0 fully saturated rings. The highest BCUT2D eigenvalue weighted by Gasteiger charge is 2.37. The van der Waals surface area contributed by atoms with Crippen LogP contribution in [0, 0.1) is 0 Å². The lowest BCUT2D eigenvalue weighted by Crippen LogP contribution is -2.30. The van der Waals surface area contributed by atoms with E-state index in [9.17, 15) is 14.5 Å². The van der Waals surface area contributed by atoms with Crippen LogP contribution in [-0.4, -0.2) is 27.5 Å². The maximum absolute atomic E-state index is 13.3. The van der Waals surface area contributed by atoms with E-state index in [1.807, 2.05) is 0 Å². The Kier molecular flexibility index (Phi) is 11.0. The minimum absolute atomic E-state index is 0.00295. The molecule has 8 heteroatoms. The van der Waals surface area contributed by atoms with E-state index < -0.39 is 7.60 Å². The van der Waals surface area contributed by atoms with Gasteiger partial charge in [0.05, 0.1) is 13.2 Å². The number of imidazole rings is 1. The van der Waals surface area contributed by atoms with E-state index in [4.69, 9.17) is 9.05 Å². The Hall–Kier alpha value is -1.04. The quantitative estimate of drug-likeness (QED) is 0.346. The fraction of sp³-hybridized carbons (Fsp3) is 0.842. The van der Waals surface area contributed by atoms with Gasteiger partial charge in [0.1, 0.15) is 0 Å². The molecule has 7 nitrogen and oxygen atoms in total. The Morgan fingerprint density at radius 2 is 1.30 bits per heavy atom. The molecule has 0 amide bonds. The first-order valence-corrected chi connectivity index (χ1v) is 11.9. The summed E-state index contributed by atoms with van der Waals surface area (Å²) in [6, 6.07) is 0. The van der Waals surface area contributed by atoms with Crippen molar-refractivity contribution in [2.75, 3.05) is 13.2 Å². The maximum Gasteiger partial charge on any atom is 0.383 e. The average Bonchev–Trinajstić information content (AvgIpc) is 2.87. The Balaban J connectivity index is 3.26. The van der Waals surface area contributed by atoms with Crippen molar-refractivity contribution < 1.29 is 18.7 Å². The Bertz CT molecular complexity index is 643. The molecule has 1 aromatic heterocycles. The first-order valence-electron chi connectivity index (χ1n) is 10.4. The lowest BCUT2D eigenvalue weighted by molar-refractivity contribution is 0.227. The van der Waals surface area contributed by atoms with E-state index >= 15 is 0 Å². The SMILES string of the molecule is CCCCCCn1c(O)c(P(=O)(OCC)OCC)n(CCCCCC)c1=O. The summed E-state index contributed by atoms with van der Waals surface area (Å²) >= 11 is 0. The maximum atomic E-state index is 13.3. The highest BCUT2D eigenvalue weighted by atomic mass is 31.2. The van der Waals surface area contributed by atoms with E-state index in [0.29, 0.717) is 13.1 Å². The molecular weight excluding hydrogens is 367 g/mol. The predicted molar refractivity (Wildman–Crippen MR) is 109 cm³/mol. The van der Waals surface area contributed by atoms with Gasteiger partial charge in [-0.25, -0.2) is 4.79 Å². The van der Waals surface area contributed by atoms with Crippen LogP contribution in [0.2, 0.25) is 0 Å². The van der Waals surface area contributed by atoms with Crippen LogP contribution >= 0.6 is 7.60 Å². The molecule has 0 unspecified atom stereocenters. The molecule has 1 N–H and O–H groups in total. The summed E-state index contributed by atoms with van der Waals surface area (Å²) in [7, 11) is -3.76. The minimum Gasteiger partial charge on any atom is -0.493 e. The van der Waals surface area contributed by atoms with Crippen molar-refractivity contribution in [1.29, 1.82) is 0 Å². The fourth-order valence-corrected chi connectivity index (χ4v) is 4.98. The third-order valence-corrected chi connectivity index (χ3v) is 6.66. The van der Waals surface area contributed by atoms with Crippen molar-refractivity contribution in [3.8, 4) is 5.88 Å². The van der Waals surface area contributed by atoms with Crippen LogP contribution in [-0.2, 0) is 26.7 Å². The van der Waals surface area contributed by atoms with Crippen molar-refractivity contribution >= 4 is 13.0 Å². The fourth-order valence-electron chi connectivity index (χ4n) is 3.13. The second-order valence-electron chi connectivity index (χ2n) is 6.69. The number of unbranched alkanes of at least 4 members (excludes halogenated alkanes) is 6. The molecule has 1 rings (SSSR count). The zero-order valence-electron chi connectivity index (χ0n) is 17.4. The molecule has 0 saturated carbocycles. The lowest BCUT2D eigenvalue weighted by Gasteiger charge is -2.18.